The van der Waals surface area contributed by atoms with Crippen molar-refractivity contribution < 1.29 is 23.5 Å². The van der Waals surface area contributed by atoms with Gasteiger partial charge in [0.2, 0.25) is 17.7 Å². The van der Waals surface area contributed by atoms with E-state index in [1.165, 1.54) is 6.07 Å². The van der Waals surface area contributed by atoms with Crippen molar-refractivity contribution >= 4 is 29.3 Å². The number of ether oxygens (including phenoxy) is 1. The molecule has 3 aliphatic heterocycles. The third kappa shape index (κ3) is 7.41. The Morgan fingerprint density at radius 2 is 1.57 bits per heavy atom. The fourth-order valence-corrected chi connectivity index (χ4v) is 8.12. The first kappa shape index (κ1) is 35.1. The van der Waals surface area contributed by atoms with Crippen LogP contribution in [0.2, 0.25) is 5.02 Å². The monoisotopic (exact) mass is 660 g/mol. The Morgan fingerprint density at radius 1 is 0.913 bits per heavy atom. The van der Waals surface area contributed by atoms with E-state index < -0.39 is 29.1 Å². The van der Waals surface area contributed by atoms with Crippen LogP contribution in [0.5, 0.6) is 0 Å². The standard InChI is InChI=1S/C36H54ClFN4O4/c1-23-8-11-25(12-9-23)42(34(45)35(2,3)4)26-19-31(33(44)39-14-16-46-17-15-39)41(20-26)32(43)29-22-40(36(5,6)7)21-28(29)27-13-10-24(37)18-30(27)38/h10,13,18,23,25-26,28-29,31H,8-9,11-12,14-17,19-22H2,1-7H3/t23?,25?,26-,28-,29+,31-/m0/s1. The van der Waals surface area contributed by atoms with Crippen molar-refractivity contribution in [3.8, 4) is 0 Å². The van der Waals surface area contributed by atoms with E-state index >= 15 is 4.39 Å². The highest BCUT2D eigenvalue weighted by atomic mass is 35.5. The van der Waals surface area contributed by atoms with Gasteiger partial charge in [-0.05, 0) is 76.5 Å². The molecule has 1 aromatic rings. The molecule has 3 heterocycles. The second kappa shape index (κ2) is 13.7. The Bertz CT molecular complexity index is 1280. The van der Waals surface area contributed by atoms with Gasteiger partial charge in [-0.25, -0.2) is 4.39 Å². The Morgan fingerprint density at radius 3 is 2.15 bits per heavy atom. The molecule has 0 N–H and O–H groups in total. The normalized spacial score (nSPS) is 29.7. The van der Waals surface area contributed by atoms with Gasteiger partial charge in [-0.3, -0.25) is 19.3 Å². The van der Waals surface area contributed by atoms with E-state index in [4.69, 9.17) is 16.3 Å². The molecule has 1 saturated carbocycles. The van der Waals surface area contributed by atoms with E-state index in [-0.39, 0.29) is 35.3 Å². The number of carbonyl (C=O) groups is 3. The lowest BCUT2D eigenvalue weighted by atomic mass is 9.84. The van der Waals surface area contributed by atoms with Crippen LogP contribution in [0.15, 0.2) is 18.2 Å². The summed E-state index contributed by atoms with van der Waals surface area (Å²) in [6, 6.07) is 3.82. The third-order valence-electron chi connectivity index (χ3n) is 10.8. The summed E-state index contributed by atoms with van der Waals surface area (Å²) in [4.78, 5) is 51.1. The number of likely N-dealkylation sites (tertiary alicyclic amines) is 2. The lowest BCUT2D eigenvalue weighted by molar-refractivity contribution is -0.148. The number of nitrogens with zero attached hydrogens (tertiary/aromatic N) is 4. The number of amides is 3. The molecule has 4 fully saturated rings. The van der Waals surface area contributed by atoms with Gasteiger partial charge in [-0.1, -0.05) is 45.4 Å². The molecule has 0 unspecified atom stereocenters. The number of hydrogen-bond acceptors (Lipinski definition) is 5. The summed E-state index contributed by atoms with van der Waals surface area (Å²) in [6.45, 7) is 17.6. The van der Waals surface area contributed by atoms with Crippen molar-refractivity contribution in [2.45, 2.75) is 110 Å². The van der Waals surface area contributed by atoms with Gasteiger partial charge in [0.15, 0.2) is 0 Å². The van der Waals surface area contributed by atoms with Crippen LogP contribution in [0, 0.1) is 23.1 Å². The molecule has 5 rings (SSSR count). The highest BCUT2D eigenvalue weighted by Gasteiger charge is 2.51. The van der Waals surface area contributed by atoms with E-state index in [9.17, 15) is 14.4 Å². The molecule has 0 bridgehead atoms. The van der Waals surface area contributed by atoms with Crippen molar-refractivity contribution in [2.75, 3.05) is 45.9 Å². The number of rotatable bonds is 5. The third-order valence-corrected chi connectivity index (χ3v) is 11.0. The Hall–Kier alpha value is -2.23. The number of benzene rings is 1. The maximum Gasteiger partial charge on any atom is 0.245 e. The van der Waals surface area contributed by atoms with E-state index in [0.29, 0.717) is 68.9 Å². The summed E-state index contributed by atoms with van der Waals surface area (Å²) >= 11 is 6.12. The van der Waals surface area contributed by atoms with Crippen LogP contribution in [-0.2, 0) is 19.1 Å². The summed E-state index contributed by atoms with van der Waals surface area (Å²) in [7, 11) is 0. The van der Waals surface area contributed by atoms with E-state index in [2.05, 4.69) is 37.5 Å². The summed E-state index contributed by atoms with van der Waals surface area (Å²) in [5.74, 6) is -0.881. The number of hydrogen-bond donors (Lipinski definition) is 0. The molecule has 4 aliphatic rings. The lowest BCUT2D eigenvalue weighted by Gasteiger charge is -2.42. The maximum absolute atomic E-state index is 15.4. The van der Waals surface area contributed by atoms with E-state index in [0.717, 1.165) is 25.7 Å². The molecule has 0 aromatic heterocycles. The van der Waals surface area contributed by atoms with Gasteiger partial charge in [0.1, 0.15) is 11.9 Å². The minimum atomic E-state index is -0.687. The van der Waals surface area contributed by atoms with Crippen molar-refractivity contribution in [1.82, 2.24) is 19.6 Å². The van der Waals surface area contributed by atoms with Crippen LogP contribution < -0.4 is 0 Å². The fraction of sp³-hybridized carbons (Fsp3) is 0.750. The van der Waals surface area contributed by atoms with Crippen LogP contribution in [0.3, 0.4) is 0 Å². The van der Waals surface area contributed by atoms with Crippen molar-refractivity contribution in [2.24, 2.45) is 17.3 Å². The fourth-order valence-electron chi connectivity index (χ4n) is 7.96. The van der Waals surface area contributed by atoms with Gasteiger partial charge in [0.05, 0.1) is 25.2 Å². The quantitative estimate of drug-likeness (QED) is 0.413. The second-order valence-corrected chi connectivity index (χ2v) is 16.6. The lowest BCUT2D eigenvalue weighted by Crippen LogP contribution is -2.53. The van der Waals surface area contributed by atoms with Gasteiger partial charge >= 0.3 is 0 Å². The van der Waals surface area contributed by atoms with Gasteiger partial charge < -0.3 is 19.4 Å². The molecule has 1 aromatic carbocycles. The summed E-state index contributed by atoms with van der Waals surface area (Å²) in [5.41, 5.74) is -0.358. The first-order valence-corrected chi connectivity index (χ1v) is 17.6. The van der Waals surface area contributed by atoms with Crippen LogP contribution in [0.25, 0.3) is 0 Å². The molecule has 3 saturated heterocycles. The average molecular weight is 661 g/mol. The maximum atomic E-state index is 15.4. The van der Waals surface area contributed by atoms with Gasteiger partial charge in [0, 0.05) is 60.7 Å². The molecular formula is C36H54ClFN4O4. The highest BCUT2D eigenvalue weighted by Crippen LogP contribution is 2.41. The molecule has 3 amide bonds. The Labute approximate surface area is 279 Å². The topological polar surface area (TPSA) is 73.4 Å². The zero-order chi connectivity index (χ0) is 33.6. The van der Waals surface area contributed by atoms with E-state index in [1.54, 1.807) is 17.0 Å². The van der Waals surface area contributed by atoms with Crippen LogP contribution in [0.4, 0.5) is 4.39 Å². The molecule has 10 heteroatoms. The van der Waals surface area contributed by atoms with E-state index in [1.807, 2.05) is 25.7 Å². The minimum absolute atomic E-state index is 0.0739. The summed E-state index contributed by atoms with van der Waals surface area (Å²) < 4.78 is 21.0. The van der Waals surface area contributed by atoms with Crippen LogP contribution in [-0.4, -0.2) is 107 Å². The molecule has 1 aliphatic carbocycles. The zero-order valence-corrected chi connectivity index (χ0v) is 29.6. The summed E-state index contributed by atoms with van der Waals surface area (Å²) in [5, 5.41) is 0.314. The zero-order valence-electron chi connectivity index (χ0n) is 28.9. The predicted molar refractivity (Wildman–Crippen MR) is 178 cm³/mol. The Kier molecular flexibility index (Phi) is 10.5. The van der Waals surface area contributed by atoms with Crippen molar-refractivity contribution in [3.63, 3.8) is 0 Å². The second-order valence-electron chi connectivity index (χ2n) is 16.2. The van der Waals surface area contributed by atoms with Crippen LogP contribution >= 0.6 is 11.6 Å². The Balaban J connectivity index is 1.51. The van der Waals surface area contributed by atoms with Crippen LogP contribution in [0.1, 0.15) is 92.1 Å². The van der Waals surface area contributed by atoms with Gasteiger partial charge in [-0.15, -0.1) is 0 Å². The first-order chi connectivity index (χ1) is 21.6. The molecule has 4 atom stereocenters. The van der Waals surface area contributed by atoms with Crippen molar-refractivity contribution in [3.05, 3.63) is 34.6 Å². The summed E-state index contributed by atoms with van der Waals surface area (Å²) in [6.07, 6.45) is 4.38. The van der Waals surface area contributed by atoms with Gasteiger partial charge in [-0.2, -0.15) is 0 Å². The van der Waals surface area contributed by atoms with Gasteiger partial charge in [0.25, 0.3) is 0 Å². The number of carbonyl (C=O) groups excluding carboxylic acids is 3. The molecule has 256 valence electrons. The van der Waals surface area contributed by atoms with Crippen molar-refractivity contribution in [1.29, 1.82) is 0 Å². The number of morpholine rings is 1. The predicted octanol–water partition coefficient (Wildman–Crippen LogP) is 5.57. The smallest absolute Gasteiger partial charge is 0.245 e. The molecule has 46 heavy (non-hydrogen) atoms. The number of halogens is 2. The SMILES string of the molecule is CC1CCC(N(C(=O)C(C)(C)C)[C@H]2C[C@@H](C(=O)N3CCOCC3)N(C(=O)[C@@H]3CN(C(C)(C)C)C[C@H]3c3ccc(Cl)cc3F)C2)CC1. The molecular weight excluding hydrogens is 607 g/mol. The molecule has 0 radical (unpaired) electrons. The first-order valence-electron chi connectivity index (χ1n) is 17.3. The average Bonchev–Trinajstić information content (AvgIpc) is 3.63. The molecule has 0 spiro atoms. The highest BCUT2D eigenvalue weighted by molar-refractivity contribution is 6.30. The molecule has 8 nitrogen and oxygen atoms in total. The minimum Gasteiger partial charge on any atom is -0.378 e. The largest absolute Gasteiger partial charge is 0.378 e.